The number of halogens is 2. The van der Waals surface area contributed by atoms with Crippen LogP contribution in [0.5, 0.6) is 0 Å². The third-order valence-corrected chi connectivity index (χ3v) is 15.2. The summed E-state index contributed by atoms with van der Waals surface area (Å²) in [6.45, 7) is 36.2. The molecule has 0 spiro atoms. The zero-order valence-corrected chi connectivity index (χ0v) is 45.4. The van der Waals surface area contributed by atoms with Crippen molar-refractivity contribution >= 4 is 73.2 Å². The minimum Gasteiger partial charge on any atom is -0.289 e. The summed E-state index contributed by atoms with van der Waals surface area (Å²) in [4.78, 5) is 29.7. The molecule has 6 aromatic rings. The van der Waals surface area contributed by atoms with Gasteiger partial charge in [-0.15, -0.1) is 12.6 Å². The molecule has 0 radical (unpaired) electrons. The second-order valence-electron chi connectivity index (χ2n) is 16.4. The van der Waals surface area contributed by atoms with Gasteiger partial charge in [-0.05, 0) is 212 Å². The van der Waals surface area contributed by atoms with Gasteiger partial charge < -0.3 is 0 Å². The number of aryl methyl sites for hydroxylation is 4. The Labute approximate surface area is 401 Å². The average molecular weight is 1080 g/mol. The highest BCUT2D eigenvalue weighted by molar-refractivity contribution is 15.0. The van der Waals surface area contributed by atoms with Gasteiger partial charge in [-0.25, -0.2) is 0 Å². The van der Waals surface area contributed by atoms with Gasteiger partial charge in [0.25, 0.3) is 0 Å². The van der Waals surface area contributed by atoms with Gasteiger partial charge in [0.2, 0.25) is 0 Å². The molecule has 0 aliphatic carbocycles. The van der Waals surface area contributed by atoms with E-state index in [1.165, 1.54) is 82.1 Å². The first kappa shape index (κ1) is 52.2. The first-order valence-electron chi connectivity index (χ1n) is 20.7. The van der Waals surface area contributed by atoms with Crippen LogP contribution in [-0.2, 0) is 0 Å². The van der Waals surface area contributed by atoms with E-state index in [1.54, 1.807) is 0 Å². The normalized spacial score (nSPS) is 10.5. The van der Waals surface area contributed by atoms with Crippen molar-refractivity contribution in [2.45, 2.75) is 132 Å². The first-order chi connectivity index (χ1) is 28.6. The molecule has 0 fully saturated rings. The average Bonchev–Trinajstić information content (AvgIpc) is 3.26. The molecule has 0 heterocycles. The van der Waals surface area contributed by atoms with E-state index in [9.17, 15) is 9.59 Å². The number of hydrogen-bond donors (Lipinski definition) is 1. The van der Waals surface area contributed by atoms with Crippen molar-refractivity contribution in [1.82, 2.24) is 0 Å². The van der Waals surface area contributed by atoms with Crippen LogP contribution in [0.25, 0.3) is 0 Å². The molecule has 0 saturated heterocycles. The van der Waals surface area contributed by atoms with Crippen LogP contribution in [0.2, 0.25) is 0 Å². The number of ketones is 2. The number of carbonyl (C=O) groups excluding carboxylic acids is 2. The fourth-order valence-electron chi connectivity index (χ4n) is 7.71. The number of rotatable bonds is 6. The van der Waals surface area contributed by atoms with Gasteiger partial charge in [-0.2, -0.15) is 0 Å². The fourth-order valence-corrected chi connectivity index (χ4v) is 9.51. The van der Waals surface area contributed by atoms with Gasteiger partial charge in [0.05, 0.1) is 0 Å². The molecule has 0 saturated carbocycles. The van der Waals surface area contributed by atoms with E-state index in [-0.39, 0.29) is 11.6 Å². The largest absolute Gasteiger partial charge is 0.289 e. The van der Waals surface area contributed by atoms with Gasteiger partial charge >= 0.3 is 0 Å². The second kappa shape index (κ2) is 23.0. The van der Waals surface area contributed by atoms with Crippen LogP contribution in [0, 0.1) is 118 Å². The zero-order valence-electron chi connectivity index (χ0n) is 39.4. The Bertz CT molecular complexity index is 2460. The molecule has 2 nitrogen and oxygen atoms in total. The Balaban J connectivity index is 0.000000265. The monoisotopic (exact) mass is 1070 g/mol. The summed E-state index contributed by atoms with van der Waals surface area (Å²) in [6, 6.07) is 23.6. The summed E-state index contributed by atoms with van der Waals surface area (Å²) in [7, 11) is 0. The van der Waals surface area contributed by atoms with E-state index in [0.29, 0.717) is 0 Å². The van der Waals surface area contributed by atoms with Crippen molar-refractivity contribution in [3.8, 4) is 0 Å². The second-order valence-corrected chi connectivity index (χ2v) is 17.9. The van der Waals surface area contributed by atoms with Crippen molar-refractivity contribution in [2.24, 2.45) is 0 Å². The lowest BCUT2D eigenvalue weighted by Gasteiger charge is -2.22. The molecule has 0 atom stereocenters. The molecule has 0 amide bonds. The highest BCUT2D eigenvalue weighted by Crippen LogP contribution is 2.42. The third-order valence-electron chi connectivity index (χ3n) is 12.9. The maximum absolute atomic E-state index is 13.3. The number of thiol groups is 1. The number of hydrogen-bond acceptors (Lipinski definition) is 4. The van der Waals surface area contributed by atoms with Crippen LogP contribution < -0.4 is 0 Å². The zero-order chi connectivity index (χ0) is 46.2. The topological polar surface area (TPSA) is 34.1 Å². The molecule has 6 aromatic carbocycles. The minimum absolute atomic E-state index is 0.113. The molecular weight excluding hydrogens is 1010 g/mol. The summed E-state index contributed by atoms with van der Waals surface area (Å²) in [5.74, 6) is 0.240. The third kappa shape index (κ3) is 11.7. The molecule has 0 bridgehead atoms. The van der Waals surface area contributed by atoms with Gasteiger partial charge in [0.1, 0.15) is 0 Å². The SMILES string of the molecule is Cc1c(C)c(C)c(C(=O)c2ccccc2)c(C)c1C.Cc1cc(C)c(C)c(S)c1C.Cc1cc(C)c(C)c(Sc2c(C)c(C)c(C(=O)c3ccccc3)c(C)c2C)c1C.II. The van der Waals surface area contributed by atoms with Gasteiger partial charge in [0.15, 0.2) is 11.6 Å². The van der Waals surface area contributed by atoms with E-state index in [0.717, 1.165) is 49.4 Å². The van der Waals surface area contributed by atoms with Crippen LogP contribution in [0.15, 0.2) is 87.5 Å². The van der Waals surface area contributed by atoms with Crippen LogP contribution in [0.1, 0.15) is 126 Å². The smallest absolute Gasteiger partial charge is 0.193 e. The summed E-state index contributed by atoms with van der Waals surface area (Å²) in [5, 5.41) is 0. The van der Waals surface area contributed by atoms with Crippen LogP contribution in [0.4, 0.5) is 0 Å². The Morgan fingerprint density at radius 2 is 0.639 bits per heavy atom. The summed E-state index contributed by atoms with van der Waals surface area (Å²) in [6.07, 6.45) is 0. The first-order valence-corrected chi connectivity index (χ1v) is 28.2. The number of benzene rings is 6. The standard InChI is InChI=1S/C27H30OS.C18H20O.C10H14S.I2/c1-15-14-16(2)18(4)26(17(15)3)29-27-21(7)19(5)24(20(6)22(27)8)25(28)23-12-10-9-11-13-23;1-11-12(2)14(4)17(15(5)13(11)3)18(19)16-9-7-6-8-10-16;1-6-5-7(2)9(4)10(11)8(6)3;1-2/h9-14H,1-8H3;6-10H,1-5H3;5,11H,1-4H3;. The molecule has 6 heteroatoms. The summed E-state index contributed by atoms with van der Waals surface area (Å²) in [5.41, 5.74) is 24.4. The highest BCUT2D eigenvalue weighted by atomic mass is 128. The van der Waals surface area contributed by atoms with Crippen LogP contribution in [0.3, 0.4) is 0 Å². The van der Waals surface area contributed by atoms with Crippen molar-refractivity contribution in [3.63, 3.8) is 0 Å². The highest BCUT2D eigenvalue weighted by Gasteiger charge is 2.23. The molecule has 0 unspecified atom stereocenters. The van der Waals surface area contributed by atoms with Gasteiger partial charge in [-0.3, -0.25) is 9.59 Å². The molecule has 61 heavy (non-hydrogen) atoms. The summed E-state index contributed by atoms with van der Waals surface area (Å²) >= 11 is 10.5. The minimum atomic E-state index is 0.113. The number of carbonyl (C=O) groups is 2. The molecule has 0 aliphatic heterocycles. The Morgan fingerprint density at radius 3 is 0.967 bits per heavy atom. The lowest BCUT2D eigenvalue weighted by molar-refractivity contribution is 0.102. The predicted molar refractivity (Wildman–Crippen MR) is 285 cm³/mol. The molecule has 0 N–H and O–H groups in total. The van der Waals surface area contributed by atoms with E-state index in [2.05, 4.69) is 166 Å². The molecule has 0 aliphatic rings. The van der Waals surface area contributed by atoms with E-state index >= 15 is 0 Å². The Kier molecular flexibility index (Phi) is 19.6. The van der Waals surface area contributed by atoms with Gasteiger partial charge in [0, 0.05) is 74.2 Å². The predicted octanol–water partition coefficient (Wildman–Crippen LogP) is 17.0. The fraction of sp³-hybridized carbons (Fsp3) is 0.309. The Morgan fingerprint density at radius 1 is 0.377 bits per heavy atom. The molecule has 6 rings (SSSR count). The Hall–Kier alpha value is -3.18. The molecule has 322 valence electrons. The maximum Gasteiger partial charge on any atom is 0.193 e. The van der Waals surface area contributed by atoms with E-state index in [4.69, 9.17) is 0 Å². The maximum atomic E-state index is 13.3. The van der Waals surface area contributed by atoms with Crippen molar-refractivity contribution < 1.29 is 9.59 Å². The van der Waals surface area contributed by atoms with E-state index < -0.39 is 0 Å². The molecular formula is C55H64I2O2S2. The lowest BCUT2D eigenvalue weighted by Crippen LogP contribution is -2.10. The van der Waals surface area contributed by atoms with Crippen LogP contribution in [-0.4, -0.2) is 11.6 Å². The van der Waals surface area contributed by atoms with Crippen molar-refractivity contribution in [3.05, 3.63) is 190 Å². The van der Waals surface area contributed by atoms with Crippen molar-refractivity contribution in [2.75, 3.05) is 0 Å². The van der Waals surface area contributed by atoms with Crippen molar-refractivity contribution in [1.29, 1.82) is 0 Å². The molecule has 0 aromatic heterocycles. The van der Waals surface area contributed by atoms with E-state index in [1.807, 2.05) is 86.3 Å². The van der Waals surface area contributed by atoms with Gasteiger partial charge in [-0.1, -0.05) is 84.6 Å². The lowest BCUT2D eigenvalue weighted by atomic mass is 9.86. The summed E-state index contributed by atoms with van der Waals surface area (Å²) < 4.78 is 0. The van der Waals surface area contributed by atoms with Crippen LogP contribution >= 0.6 is 61.6 Å². The quantitative estimate of drug-likeness (QED) is 0.103.